The predicted molar refractivity (Wildman–Crippen MR) is 134 cm³/mol. The molecule has 3 heterocycles. The van der Waals surface area contributed by atoms with Gasteiger partial charge >= 0.3 is 0 Å². The lowest BCUT2D eigenvalue weighted by Gasteiger charge is -2.39. The molecule has 2 fully saturated rings. The second kappa shape index (κ2) is 9.47. The van der Waals surface area contributed by atoms with Crippen molar-refractivity contribution in [3.8, 4) is 11.1 Å². The van der Waals surface area contributed by atoms with Crippen molar-refractivity contribution >= 4 is 23.5 Å². The lowest BCUT2D eigenvalue weighted by Crippen LogP contribution is -2.44. The first-order valence-corrected chi connectivity index (χ1v) is 11.8. The number of nitrogens with zero attached hydrogens (tertiary/aromatic N) is 5. The maximum Gasteiger partial charge on any atom is 0.265 e. The van der Waals surface area contributed by atoms with Gasteiger partial charge in [0.05, 0.1) is 16.1 Å². The van der Waals surface area contributed by atoms with Crippen LogP contribution in [0.1, 0.15) is 36.5 Å². The number of nitrogen functional groups attached to an aromatic ring is 1. The van der Waals surface area contributed by atoms with Crippen molar-refractivity contribution in [3.63, 3.8) is 0 Å². The second-order valence-corrected chi connectivity index (χ2v) is 9.11. The molecular weight excluding hydrogens is 448 g/mol. The van der Waals surface area contributed by atoms with E-state index in [-0.39, 0.29) is 11.4 Å². The fourth-order valence-electron chi connectivity index (χ4n) is 4.40. The van der Waals surface area contributed by atoms with Crippen LogP contribution in [-0.4, -0.2) is 51.2 Å². The molecule has 34 heavy (non-hydrogen) atoms. The van der Waals surface area contributed by atoms with Crippen LogP contribution < -0.4 is 16.4 Å². The molecule has 2 aliphatic rings. The fourth-order valence-corrected chi connectivity index (χ4v) is 4.56. The molecule has 1 aliphatic heterocycles. The Balaban J connectivity index is 1.31. The maximum absolute atomic E-state index is 5.60. The normalized spacial score (nSPS) is 17.8. The number of rotatable bonds is 7. The van der Waals surface area contributed by atoms with E-state index in [4.69, 9.17) is 15.2 Å². The Morgan fingerprint density at radius 1 is 1.15 bits per heavy atom. The molecule has 1 saturated heterocycles. The van der Waals surface area contributed by atoms with Crippen LogP contribution in [0.25, 0.3) is 16.0 Å². The molecule has 1 aliphatic carbocycles. The van der Waals surface area contributed by atoms with Crippen LogP contribution in [0.2, 0.25) is 0 Å². The Morgan fingerprint density at radius 3 is 2.50 bits per heavy atom. The molecule has 176 valence electrons. The van der Waals surface area contributed by atoms with E-state index in [1.54, 1.807) is 18.6 Å². The number of benzene rings is 1. The van der Waals surface area contributed by atoms with Gasteiger partial charge in [-0.05, 0) is 24.0 Å². The molecule has 10 heteroatoms. The van der Waals surface area contributed by atoms with E-state index in [0.29, 0.717) is 16.6 Å². The summed E-state index contributed by atoms with van der Waals surface area (Å²) in [5.41, 5.74) is 8.47. The number of hydrogen-bond acceptors (Lipinski definition) is 10. The van der Waals surface area contributed by atoms with Gasteiger partial charge in [0.25, 0.3) is 5.89 Å². The SMILES string of the molecule is C=C(N/C=C(\S)c1nc(C2(c3ccc(-c4cnc(N)nc4)cc3)CCC2)no1)N1CCNCC1. The van der Waals surface area contributed by atoms with Gasteiger partial charge in [-0.1, -0.05) is 42.4 Å². The summed E-state index contributed by atoms with van der Waals surface area (Å²) < 4.78 is 5.58. The van der Waals surface area contributed by atoms with Gasteiger partial charge in [0.2, 0.25) is 5.95 Å². The minimum absolute atomic E-state index is 0.246. The monoisotopic (exact) mass is 476 g/mol. The van der Waals surface area contributed by atoms with E-state index < -0.39 is 0 Å². The number of nitrogens with one attached hydrogen (secondary N) is 2. The highest BCUT2D eigenvalue weighted by Gasteiger charge is 2.44. The van der Waals surface area contributed by atoms with Gasteiger partial charge in [0.15, 0.2) is 5.82 Å². The lowest BCUT2D eigenvalue weighted by molar-refractivity contribution is 0.272. The van der Waals surface area contributed by atoms with Crippen LogP contribution in [0.5, 0.6) is 0 Å². The highest BCUT2D eigenvalue weighted by molar-refractivity contribution is 7.90. The molecule has 2 aromatic heterocycles. The first-order valence-electron chi connectivity index (χ1n) is 11.4. The van der Waals surface area contributed by atoms with E-state index in [9.17, 15) is 0 Å². The number of aromatic nitrogens is 4. The van der Waals surface area contributed by atoms with Gasteiger partial charge in [0.1, 0.15) is 0 Å². The second-order valence-electron chi connectivity index (χ2n) is 8.62. The van der Waals surface area contributed by atoms with E-state index in [1.807, 2.05) is 0 Å². The zero-order valence-corrected chi connectivity index (χ0v) is 19.8. The smallest absolute Gasteiger partial charge is 0.265 e. The summed E-state index contributed by atoms with van der Waals surface area (Å²) in [5, 5.41) is 10.9. The molecule has 0 atom stereocenters. The quantitative estimate of drug-likeness (QED) is 0.382. The number of thiol groups is 1. The van der Waals surface area contributed by atoms with Gasteiger partial charge in [-0.2, -0.15) is 4.98 Å². The molecular formula is C24H28N8OS. The topological polar surface area (TPSA) is 118 Å². The Bertz CT molecular complexity index is 1180. The molecule has 5 rings (SSSR count). The molecule has 0 amide bonds. The number of piperazine rings is 1. The maximum atomic E-state index is 5.60. The molecule has 4 N–H and O–H groups in total. The standard InChI is InChI=1S/C24H28N8OS/c1-16(32-11-9-26-10-12-32)27-15-20(34)21-30-22(31-33-21)24(7-2-8-24)19-5-3-17(4-6-19)18-13-28-23(25)29-14-18/h3-6,13-15,26-27,34H,1-2,7-12H2,(H2,25,28,29)/b20-15-. The van der Waals surface area contributed by atoms with E-state index >= 15 is 0 Å². The van der Waals surface area contributed by atoms with Crippen LogP contribution in [0.3, 0.4) is 0 Å². The van der Waals surface area contributed by atoms with Gasteiger partial charge in [-0.25, -0.2) is 9.97 Å². The van der Waals surface area contributed by atoms with E-state index in [0.717, 1.165) is 62.4 Å². The summed E-state index contributed by atoms with van der Waals surface area (Å²) >= 11 is 4.57. The van der Waals surface area contributed by atoms with Crippen LogP contribution in [0, 0.1) is 0 Å². The van der Waals surface area contributed by atoms with E-state index in [1.165, 1.54) is 5.56 Å². The van der Waals surface area contributed by atoms with Crippen molar-refractivity contribution in [1.29, 1.82) is 0 Å². The summed E-state index contributed by atoms with van der Waals surface area (Å²) in [6.07, 6.45) is 8.27. The van der Waals surface area contributed by atoms with Crippen molar-refractivity contribution in [1.82, 2.24) is 35.6 Å². The summed E-state index contributed by atoms with van der Waals surface area (Å²) in [6, 6.07) is 8.39. The molecule has 0 spiro atoms. The molecule has 0 radical (unpaired) electrons. The lowest BCUT2D eigenvalue weighted by atomic mass is 9.64. The largest absolute Gasteiger partial charge is 0.368 e. The highest BCUT2D eigenvalue weighted by Crippen LogP contribution is 2.48. The summed E-state index contributed by atoms with van der Waals surface area (Å²) in [7, 11) is 0. The van der Waals surface area contributed by atoms with Crippen molar-refractivity contribution in [2.75, 3.05) is 31.9 Å². The first kappa shape index (κ1) is 22.4. The summed E-state index contributed by atoms with van der Waals surface area (Å²) in [6.45, 7) is 7.84. The third-order valence-electron chi connectivity index (χ3n) is 6.60. The number of anilines is 1. The van der Waals surface area contributed by atoms with E-state index in [2.05, 4.69) is 74.1 Å². The van der Waals surface area contributed by atoms with Crippen LogP contribution in [0.4, 0.5) is 5.95 Å². The number of nitrogens with two attached hydrogens (primary N) is 1. The minimum Gasteiger partial charge on any atom is -0.368 e. The molecule has 9 nitrogen and oxygen atoms in total. The van der Waals surface area contributed by atoms with Crippen molar-refractivity contribution in [2.45, 2.75) is 24.7 Å². The predicted octanol–water partition coefficient (Wildman–Crippen LogP) is 2.77. The fraction of sp³-hybridized carbons (Fsp3) is 0.333. The number of hydrogen-bond donors (Lipinski definition) is 4. The Labute approximate surface area is 204 Å². The van der Waals surface area contributed by atoms with Gasteiger partial charge in [-0.3, -0.25) is 0 Å². The van der Waals surface area contributed by atoms with Crippen molar-refractivity contribution in [2.24, 2.45) is 0 Å². The molecule has 1 saturated carbocycles. The molecule has 0 bridgehead atoms. The van der Waals surface area contributed by atoms with Gasteiger partial charge in [0, 0.05) is 50.3 Å². The van der Waals surface area contributed by atoms with Crippen LogP contribution >= 0.6 is 12.6 Å². The zero-order valence-electron chi connectivity index (χ0n) is 18.9. The third kappa shape index (κ3) is 4.38. The highest BCUT2D eigenvalue weighted by atomic mass is 32.1. The minimum atomic E-state index is -0.246. The average molecular weight is 477 g/mol. The summed E-state index contributed by atoms with van der Waals surface area (Å²) in [4.78, 5) is 15.6. The van der Waals surface area contributed by atoms with Crippen LogP contribution in [0.15, 0.2) is 59.8 Å². The Hall–Kier alpha value is -3.37. The molecule has 0 unspecified atom stereocenters. The van der Waals surface area contributed by atoms with Crippen molar-refractivity contribution in [3.05, 3.63) is 72.5 Å². The van der Waals surface area contributed by atoms with Crippen LogP contribution in [-0.2, 0) is 5.41 Å². The van der Waals surface area contributed by atoms with Crippen molar-refractivity contribution < 1.29 is 4.52 Å². The Kier molecular flexibility index (Phi) is 6.25. The van der Waals surface area contributed by atoms with Gasteiger partial charge in [-0.15, -0.1) is 12.6 Å². The van der Waals surface area contributed by atoms with Gasteiger partial charge < -0.3 is 25.8 Å². The molecule has 3 aromatic rings. The summed E-state index contributed by atoms with van der Waals surface area (Å²) in [5.74, 6) is 2.18. The third-order valence-corrected chi connectivity index (χ3v) is 6.92. The molecule has 1 aromatic carbocycles. The average Bonchev–Trinajstić information content (AvgIpc) is 3.34. The zero-order chi connectivity index (χ0) is 23.5. The first-order chi connectivity index (χ1) is 16.5. The Morgan fingerprint density at radius 2 is 1.85 bits per heavy atom.